The average molecular weight is 341 g/mol. The Kier molecular flexibility index (Phi) is 6.47. The molecular weight excluding hydrogens is 317 g/mol. The second kappa shape index (κ2) is 8.17. The van der Waals surface area contributed by atoms with Crippen LogP contribution in [0.25, 0.3) is 0 Å². The number of rotatable bonds is 6. The second-order valence-corrected chi connectivity index (χ2v) is 6.38. The molecule has 0 spiro atoms. The Labute approximate surface area is 141 Å². The molecule has 1 saturated carbocycles. The Balaban J connectivity index is 1.89. The molecule has 2 rings (SSSR count). The molecule has 1 aliphatic carbocycles. The first-order valence-corrected chi connectivity index (χ1v) is 8.35. The lowest BCUT2D eigenvalue weighted by atomic mass is 9.91. The maximum atomic E-state index is 12.7. The Morgan fingerprint density at radius 3 is 2.75 bits per heavy atom. The largest absolute Gasteiger partial charge is 0.416 e. The zero-order valence-electron chi connectivity index (χ0n) is 13.7. The summed E-state index contributed by atoms with van der Waals surface area (Å²) in [4.78, 5) is 0. The van der Waals surface area contributed by atoms with Gasteiger partial charge in [-0.05, 0) is 43.2 Å². The number of hydrogen-bond acceptors (Lipinski definition) is 2. The van der Waals surface area contributed by atoms with Crippen LogP contribution in [0.3, 0.4) is 0 Å². The summed E-state index contributed by atoms with van der Waals surface area (Å²) in [6, 6.07) is 5.19. The monoisotopic (exact) mass is 341 g/mol. The smallest absolute Gasteiger partial charge is 0.392 e. The molecule has 1 aromatic carbocycles. The Morgan fingerprint density at radius 2 is 2.08 bits per heavy atom. The van der Waals surface area contributed by atoms with E-state index in [9.17, 15) is 23.4 Å². The summed E-state index contributed by atoms with van der Waals surface area (Å²) in [5, 5.41) is 20.0. The van der Waals surface area contributed by atoms with Gasteiger partial charge in [-0.1, -0.05) is 43.7 Å². The maximum Gasteiger partial charge on any atom is 0.416 e. The van der Waals surface area contributed by atoms with Crippen LogP contribution in [0.4, 0.5) is 13.2 Å². The van der Waals surface area contributed by atoms with E-state index in [0.29, 0.717) is 30.7 Å². The molecule has 5 heteroatoms. The summed E-state index contributed by atoms with van der Waals surface area (Å²) in [6.45, 7) is 2.06. The van der Waals surface area contributed by atoms with E-state index in [4.69, 9.17) is 0 Å². The molecule has 1 aliphatic rings. The summed E-state index contributed by atoms with van der Waals surface area (Å²) < 4.78 is 38.0. The van der Waals surface area contributed by atoms with Crippen molar-refractivity contribution in [2.75, 3.05) is 0 Å². The number of halogens is 3. The Morgan fingerprint density at radius 1 is 1.33 bits per heavy atom. The lowest BCUT2D eigenvalue weighted by Gasteiger charge is -2.17. The first kappa shape index (κ1) is 19.0. The van der Waals surface area contributed by atoms with Crippen molar-refractivity contribution in [1.82, 2.24) is 0 Å². The van der Waals surface area contributed by atoms with Gasteiger partial charge in [-0.2, -0.15) is 13.2 Å². The summed E-state index contributed by atoms with van der Waals surface area (Å²) in [5.74, 6) is 0.324. The molecule has 0 amide bonds. The van der Waals surface area contributed by atoms with Crippen LogP contribution >= 0.6 is 0 Å². The summed E-state index contributed by atoms with van der Waals surface area (Å²) in [6.07, 6.45) is 2.43. The highest BCUT2D eigenvalue weighted by Gasteiger charge is 2.32. The van der Waals surface area contributed by atoms with Crippen LogP contribution in [0.1, 0.15) is 37.3 Å². The van der Waals surface area contributed by atoms with Crippen molar-refractivity contribution >= 4 is 0 Å². The van der Waals surface area contributed by atoms with Crippen molar-refractivity contribution in [3.05, 3.63) is 54.0 Å². The van der Waals surface area contributed by atoms with Crippen molar-refractivity contribution in [1.29, 1.82) is 0 Å². The third kappa shape index (κ3) is 5.08. The van der Waals surface area contributed by atoms with Gasteiger partial charge >= 0.3 is 6.18 Å². The van der Waals surface area contributed by atoms with E-state index in [1.54, 1.807) is 12.1 Å². The SMILES string of the molecule is CC[C@H]1[CH]C[C@@H](O)[C@@H]1C=C[C@@H](O)CCc1cccc(C(F)(F)F)c1. The number of aliphatic hydroxyl groups is 2. The minimum atomic E-state index is -4.35. The van der Waals surface area contributed by atoms with E-state index in [-0.39, 0.29) is 5.92 Å². The van der Waals surface area contributed by atoms with Gasteiger partial charge in [-0.3, -0.25) is 0 Å². The topological polar surface area (TPSA) is 40.5 Å². The summed E-state index contributed by atoms with van der Waals surface area (Å²) >= 11 is 0. The van der Waals surface area contributed by atoms with E-state index in [0.717, 1.165) is 18.6 Å². The quantitative estimate of drug-likeness (QED) is 0.763. The third-order valence-electron chi connectivity index (χ3n) is 4.63. The van der Waals surface area contributed by atoms with Crippen molar-refractivity contribution in [2.45, 2.75) is 51.0 Å². The van der Waals surface area contributed by atoms with Crippen molar-refractivity contribution in [3.63, 3.8) is 0 Å². The molecule has 4 atom stereocenters. The van der Waals surface area contributed by atoms with E-state index in [1.807, 2.05) is 6.08 Å². The van der Waals surface area contributed by atoms with Gasteiger partial charge < -0.3 is 10.2 Å². The minimum Gasteiger partial charge on any atom is -0.392 e. The molecule has 0 heterocycles. The standard InChI is InChI=1S/C19H24F3O2/c1-2-14-7-11-18(24)17(14)10-9-16(23)8-6-13-4-3-5-15(12-13)19(20,21)22/h3-5,7,9-10,12,14,16-18,23-24H,2,6,8,11H2,1H3/t14-,16-,17+,18+/m0/s1. The fraction of sp³-hybridized carbons (Fsp3) is 0.526. The molecule has 2 N–H and O–H groups in total. The predicted molar refractivity (Wildman–Crippen MR) is 87.1 cm³/mol. The van der Waals surface area contributed by atoms with Crippen molar-refractivity contribution in [3.8, 4) is 0 Å². The maximum absolute atomic E-state index is 12.7. The molecular formula is C19H24F3O2. The fourth-order valence-corrected chi connectivity index (χ4v) is 3.19. The Hall–Kier alpha value is -1.33. The van der Waals surface area contributed by atoms with Crippen LogP contribution in [0.15, 0.2) is 36.4 Å². The van der Waals surface area contributed by atoms with Crippen LogP contribution < -0.4 is 0 Å². The predicted octanol–water partition coefficient (Wildman–Crippen LogP) is 4.17. The first-order chi connectivity index (χ1) is 11.3. The molecule has 1 fully saturated rings. The van der Waals surface area contributed by atoms with Gasteiger partial charge in [0.2, 0.25) is 0 Å². The van der Waals surface area contributed by atoms with Gasteiger partial charge in [-0.25, -0.2) is 0 Å². The van der Waals surface area contributed by atoms with Gasteiger partial charge in [0, 0.05) is 5.92 Å². The lowest BCUT2D eigenvalue weighted by Crippen LogP contribution is -2.17. The number of alkyl halides is 3. The van der Waals surface area contributed by atoms with Gasteiger partial charge in [0.1, 0.15) is 0 Å². The normalized spacial score (nSPS) is 26.2. The summed E-state index contributed by atoms with van der Waals surface area (Å²) in [7, 11) is 0. The highest BCUT2D eigenvalue weighted by Crippen LogP contribution is 2.34. The molecule has 133 valence electrons. The molecule has 2 nitrogen and oxygen atoms in total. The van der Waals surface area contributed by atoms with E-state index in [2.05, 4.69) is 13.3 Å². The van der Waals surface area contributed by atoms with Gasteiger partial charge in [0.15, 0.2) is 0 Å². The van der Waals surface area contributed by atoms with Gasteiger partial charge in [0.25, 0.3) is 0 Å². The number of aliphatic hydroxyl groups excluding tert-OH is 2. The molecule has 0 saturated heterocycles. The highest BCUT2D eigenvalue weighted by molar-refractivity contribution is 5.25. The Bertz CT molecular complexity index is 554. The zero-order chi connectivity index (χ0) is 17.7. The van der Waals surface area contributed by atoms with Crippen LogP contribution in [0, 0.1) is 18.3 Å². The van der Waals surface area contributed by atoms with Gasteiger partial charge in [0.05, 0.1) is 17.8 Å². The van der Waals surface area contributed by atoms with Crippen LogP contribution in [-0.4, -0.2) is 22.4 Å². The fourth-order valence-electron chi connectivity index (χ4n) is 3.19. The molecule has 1 radical (unpaired) electrons. The molecule has 0 aliphatic heterocycles. The minimum absolute atomic E-state index is 0.0122. The molecule has 1 aromatic rings. The average Bonchev–Trinajstić information content (AvgIpc) is 2.90. The van der Waals surface area contributed by atoms with Crippen molar-refractivity contribution in [2.24, 2.45) is 11.8 Å². The number of aryl methyl sites for hydroxylation is 1. The van der Waals surface area contributed by atoms with E-state index in [1.165, 1.54) is 6.07 Å². The van der Waals surface area contributed by atoms with E-state index >= 15 is 0 Å². The number of hydrogen-bond donors (Lipinski definition) is 2. The van der Waals surface area contributed by atoms with E-state index < -0.39 is 23.9 Å². The molecule has 0 aromatic heterocycles. The molecule has 0 bridgehead atoms. The van der Waals surface area contributed by atoms with Crippen molar-refractivity contribution < 1.29 is 23.4 Å². The zero-order valence-corrected chi connectivity index (χ0v) is 13.7. The summed E-state index contributed by atoms with van der Waals surface area (Å²) in [5.41, 5.74) is -0.113. The lowest BCUT2D eigenvalue weighted by molar-refractivity contribution is -0.137. The van der Waals surface area contributed by atoms with Crippen LogP contribution in [-0.2, 0) is 12.6 Å². The second-order valence-electron chi connectivity index (χ2n) is 6.38. The molecule has 0 unspecified atom stereocenters. The molecule has 24 heavy (non-hydrogen) atoms. The van der Waals surface area contributed by atoms with Crippen LogP contribution in [0.2, 0.25) is 0 Å². The van der Waals surface area contributed by atoms with Gasteiger partial charge in [-0.15, -0.1) is 0 Å². The first-order valence-electron chi connectivity index (χ1n) is 8.35. The van der Waals surface area contributed by atoms with Crippen LogP contribution in [0.5, 0.6) is 0 Å². The highest BCUT2D eigenvalue weighted by atomic mass is 19.4. The number of benzene rings is 1. The third-order valence-corrected chi connectivity index (χ3v) is 4.63.